The van der Waals surface area contributed by atoms with Crippen molar-refractivity contribution in [1.82, 2.24) is 20.1 Å². The van der Waals surface area contributed by atoms with Crippen LogP contribution in [0.2, 0.25) is 0 Å². The number of nitrogens with one attached hydrogen (secondary N) is 1. The molecule has 2 aliphatic rings. The molecule has 7 nitrogen and oxygen atoms in total. The van der Waals surface area contributed by atoms with Crippen molar-refractivity contribution in [3.63, 3.8) is 0 Å². The number of esters is 1. The molecule has 0 bridgehead atoms. The van der Waals surface area contributed by atoms with E-state index < -0.39 is 0 Å². The maximum Gasteiger partial charge on any atom is 0.323 e. The van der Waals surface area contributed by atoms with E-state index in [-0.39, 0.29) is 24.0 Å². The van der Waals surface area contributed by atoms with Gasteiger partial charge in [0.05, 0.1) is 13.2 Å². The van der Waals surface area contributed by atoms with Gasteiger partial charge in [-0.05, 0) is 0 Å². The lowest BCUT2D eigenvalue weighted by Gasteiger charge is -2.34. The van der Waals surface area contributed by atoms with Crippen LogP contribution >= 0.6 is 0 Å². The quantitative estimate of drug-likeness (QED) is 0.817. The maximum absolute atomic E-state index is 11.7. The number of hydrogen-bond acceptors (Lipinski definition) is 6. The Morgan fingerprint density at radius 2 is 2.25 bits per heavy atom. The largest absolute Gasteiger partial charge is 0.464 e. The van der Waals surface area contributed by atoms with E-state index in [0.717, 1.165) is 24.6 Å². The number of H-pyrrole nitrogens is 1. The maximum atomic E-state index is 11.7. The molecule has 2 fully saturated rings. The summed E-state index contributed by atoms with van der Waals surface area (Å²) in [5, 5.41) is 7.15. The molecule has 1 aromatic rings. The monoisotopic (exact) mass is 280 g/mol. The van der Waals surface area contributed by atoms with Crippen molar-refractivity contribution in [2.24, 2.45) is 0 Å². The normalized spacial score (nSPS) is 28.1. The van der Waals surface area contributed by atoms with Crippen LogP contribution < -0.4 is 0 Å². The summed E-state index contributed by atoms with van der Waals surface area (Å²) in [6.45, 7) is 6.61. The summed E-state index contributed by atoms with van der Waals surface area (Å²) in [6, 6.07) is -0.131. The lowest BCUT2D eigenvalue weighted by Crippen LogP contribution is -2.46. The number of cyclic esters (lactones) is 1. The van der Waals surface area contributed by atoms with Crippen molar-refractivity contribution in [2.45, 2.75) is 38.3 Å². The lowest BCUT2D eigenvalue weighted by molar-refractivity contribution is -0.144. The summed E-state index contributed by atoms with van der Waals surface area (Å²) in [4.78, 5) is 18.3. The Labute approximate surface area is 117 Å². The predicted molar refractivity (Wildman–Crippen MR) is 70.1 cm³/mol. The van der Waals surface area contributed by atoms with Gasteiger partial charge in [-0.2, -0.15) is 5.10 Å². The minimum absolute atomic E-state index is 0.119. The average Bonchev–Trinajstić information content (AvgIpc) is 3.07. The Bertz CT molecular complexity index is 488. The van der Waals surface area contributed by atoms with Crippen LogP contribution in [0.5, 0.6) is 0 Å². The summed E-state index contributed by atoms with van der Waals surface area (Å²) < 4.78 is 10.8. The Hall–Kier alpha value is -1.47. The molecule has 1 N–H and O–H groups in total. The molecular weight excluding hydrogens is 260 g/mol. The molecule has 3 heterocycles. The number of ether oxygens (including phenoxy) is 2. The highest BCUT2D eigenvalue weighted by Gasteiger charge is 2.36. The first-order valence-corrected chi connectivity index (χ1v) is 7.09. The molecule has 2 aliphatic heterocycles. The van der Waals surface area contributed by atoms with E-state index in [0.29, 0.717) is 19.8 Å². The Balaban J connectivity index is 1.69. The second-order valence-electron chi connectivity index (χ2n) is 5.56. The predicted octanol–water partition coefficient (Wildman–Crippen LogP) is 0.617. The van der Waals surface area contributed by atoms with Gasteiger partial charge >= 0.3 is 5.97 Å². The first-order chi connectivity index (χ1) is 9.65. The number of aromatic nitrogens is 3. The second-order valence-corrected chi connectivity index (χ2v) is 5.56. The van der Waals surface area contributed by atoms with Gasteiger partial charge < -0.3 is 9.47 Å². The molecule has 20 heavy (non-hydrogen) atoms. The fraction of sp³-hybridized carbons (Fsp3) is 0.769. The summed E-state index contributed by atoms with van der Waals surface area (Å²) >= 11 is 0. The van der Waals surface area contributed by atoms with E-state index in [1.165, 1.54) is 0 Å². The summed E-state index contributed by atoms with van der Waals surface area (Å²) in [5.41, 5.74) is 0. The first kappa shape index (κ1) is 13.5. The van der Waals surface area contributed by atoms with Crippen molar-refractivity contribution in [3.8, 4) is 0 Å². The zero-order valence-corrected chi connectivity index (χ0v) is 11.8. The minimum Gasteiger partial charge on any atom is -0.464 e. The van der Waals surface area contributed by atoms with Crippen LogP contribution in [0.15, 0.2) is 0 Å². The van der Waals surface area contributed by atoms with Gasteiger partial charge in [-0.3, -0.25) is 14.8 Å². The molecule has 0 radical (unpaired) electrons. The van der Waals surface area contributed by atoms with Crippen molar-refractivity contribution in [2.75, 3.05) is 26.3 Å². The van der Waals surface area contributed by atoms with Gasteiger partial charge in [0, 0.05) is 25.4 Å². The molecule has 0 aliphatic carbocycles. The molecule has 3 rings (SSSR count). The molecule has 2 unspecified atom stereocenters. The van der Waals surface area contributed by atoms with E-state index in [2.05, 4.69) is 33.9 Å². The first-order valence-electron chi connectivity index (χ1n) is 7.09. The lowest BCUT2D eigenvalue weighted by atomic mass is 10.1. The van der Waals surface area contributed by atoms with Crippen molar-refractivity contribution < 1.29 is 14.3 Å². The van der Waals surface area contributed by atoms with E-state index in [1.807, 2.05) is 0 Å². The molecule has 1 aromatic heterocycles. The Kier molecular flexibility index (Phi) is 3.71. The standard InChI is InChI=1S/C13H20N4O3/c1-8(2)11-14-12(16-15-11)10-7-17(4-6-19-10)9-3-5-20-13(9)18/h8-10H,3-7H2,1-2H3,(H,14,15,16). The molecule has 0 spiro atoms. The van der Waals surface area contributed by atoms with Crippen LogP contribution in [0.3, 0.4) is 0 Å². The molecule has 0 aromatic carbocycles. The van der Waals surface area contributed by atoms with E-state index in [4.69, 9.17) is 9.47 Å². The second kappa shape index (κ2) is 5.49. The SMILES string of the molecule is CC(C)c1n[nH]c(C2CN(C3CCOC3=O)CCO2)n1. The van der Waals surface area contributed by atoms with Crippen LogP contribution in [-0.2, 0) is 14.3 Å². The molecule has 2 saturated heterocycles. The number of rotatable bonds is 3. The Morgan fingerprint density at radius 1 is 1.40 bits per heavy atom. The van der Waals surface area contributed by atoms with Crippen molar-refractivity contribution >= 4 is 5.97 Å². The number of carbonyl (C=O) groups excluding carboxylic acids is 1. The summed E-state index contributed by atoms with van der Waals surface area (Å²) in [7, 11) is 0. The summed E-state index contributed by atoms with van der Waals surface area (Å²) in [5.74, 6) is 1.70. The van der Waals surface area contributed by atoms with Gasteiger partial charge in [-0.25, -0.2) is 4.98 Å². The van der Waals surface area contributed by atoms with Gasteiger partial charge in [-0.15, -0.1) is 0 Å². The number of nitrogens with zero attached hydrogens (tertiary/aromatic N) is 3. The Morgan fingerprint density at radius 3 is 2.90 bits per heavy atom. The molecule has 0 saturated carbocycles. The average molecular weight is 280 g/mol. The third-order valence-electron chi connectivity index (χ3n) is 3.79. The third kappa shape index (κ3) is 2.55. The van der Waals surface area contributed by atoms with Crippen molar-refractivity contribution in [1.29, 1.82) is 0 Å². The van der Waals surface area contributed by atoms with Gasteiger partial charge in [0.15, 0.2) is 11.6 Å². The summed E-state index contributed by atoms with van der Waals surface area (Å²) in [6.07, 6.45) is 0.608. The van der Waals surface area contributed by atoms with Crippen LogP contribution in [-0.4, -0.2) is 58.4 Å². The highest BCUT2D eigenvalue weighted by molar-refractivity contribution is 5.77. The fourth-order valence-electron chi connectivity index (χ4n) is 2.62. The topological polar surface area (TPSA) is 80.3 Å². The highest BCUT2D eigenvalue weighted by atomic mass is 16.5. The minimum atomic E-state index is -0.155. The molecule has 110 valence electrons. The molecular formula is C13H20N4O3. The van der Waals surface area contributed by atoms with E-state index in [1.54, 1.807) is 0 Å². The van der Waals surface area contributed by atoms with Crippen LogP contribution in [0.25, 0.3) is 0 Å². The van der Waals surface area contributed by atoms with Gasteiger partial charge in [0.1, 0.15) is 12.1 Å². The van der Waals surface area contributed by atoms with E-state index in [9.17, 15) is 4.79 Å². The van der Waals surface area contributed by atoms with Gasteiger partial charge in [-0.1, -0.05) is 13.8 Å². The van der Waals surface area contributed by atoms with E-state index >= 15 is 0 Å². The third-order valence-corrected chi connectivity index (χ3v) is 3.79. The number of carbonyl (C=O) groups is 1. The number of morpholine rings is 1. The van der Waals surface area contributed by atoms with Gasteiger partial charge in [0.2, 0.25) is 0 Å². The van der Waals surface area contributed by atoms with Crippen LogP contribution in [0, 0.1) is 0 Å². The molecule has 2 atom stereocenters. The smallest absolute Gasteiger partial charge is 0.323 e. The van der Waals surface area contributed by atoms with Gasteiger partial charge in [0.25, 0.3) is 0 Å². The van der Waals surface area contributed by atoms with Crippen molar-refractivity contribution in [3.05, 3.63) is 11.6 Å². The molecule has 0 amide bonds. The highest BCUT2D eigenvalue weighted by Crippen LogP contribution is 2.24. The zero-order valence-electron chi connectivity index (χ0n) is 11.8. The zero-order chi connectivity index (χ0) is 14.1. The molecule has 7 heteroatoms. The fourth-order valence-corrected chi connectivity index (χ4v) is 2.62. The number of hydrogen-bond donors (Lipinski definition) is 1. The van der Waals surface area contributed by atoms with Crippen LogP contribution in [0.4, 0.5) is 0 Å². The number of aromatic amines is 1. The van der Waals surface area contributed by atoms with Crippen LogP contribution in [0.1, 0.15) is 43.9 Å².